The third-order valence-electron chi connectivity index (χ3n) is 4.04. The van der Waals surface area contributed by atoms with Gasteiger partial charge in [-0.05, 0) is 49.4 Å². The van der Waals surface area contributed by atoms with Gasteiger partial charge < -0.3 is 16.2 Å². The molecule has 5 nitrogen and oxygen atoms in total. The lowest BCUT2D eigenvalue weighted by Crippen LogP contribution is -2.14. The number of anilines is 2. The number of nitrogens with two attached hydrogens (primary N) is 1. The second-order valence-corrected chi connectivity index (χ2v) is 7.35. The van der Waals surface area contributed by atoms with Gasteiger partial charge in [-0.1, -0.05) is 48.3 Å². The molecule has 2 aromatic carbocycles. The van der Waals surface area contributed by atoms with Crippen LogP contribution in [0.3, 0.4) is 0 Å². The van der Waals surface area contributed by atoms with Gasteiger partial charge in [0.2, 0.25) is 5.91 Å². The Kier molecular flexibility index (Phi) is 4.74. The standard InChI is InChI=1S/C23H27N3O2S/c1-16-6-10-18(11-7-16)21(27)5-3-2-4-17-8-12-19(13-9-17)25-22(28)14-20-15-29-23(24)26-20/h6-13,15,21,27H,2-5,14H2,1H3,(H2,24,26)(H,25,28)/t21-/m0/s1/i4D2,6D,7D,10D,11D,21D. The highest BCUT2D eigenvalue weighted by atomic mass is 32.1. The van der Waals surface area contributed by atoms with E-state index in [9.17, 15) is 9.90 Å². The molecule has 0 saturated heterocycles. The number of carbonyl (C=O) groups is 1. The molecule has 29 heavy (non-hydrogen) atoms. The molecule has 0 bridgehead atoms. The van der Waals surface area contributed by atoms with Crippen LogP contribution in [0.25, 0.3) is 0 Å². The third kappa shape index (κ3) is 6.69. The predicted octanol–water partition coefficient (Wildman–Crippen LogP) is 4.66. The summed E-state index contributed by atoms with van der Waals surface area (Å²) in [5.41, 5.74) is 6.69. The van der Waals surface area contributed by atoms with Crippen molar-refractivity contribution in [2.45, 2.75) is 45.1 Å². The normalized spacial score (nSPS) is 17.0. The number of hydrogen-bond acceptors (Lipinski definition) is 5. The smallest absolute Gasteiger partial charge is 0.230 e. The first-order valence-corrected chi connectivity index (χ1v) is 10.0. The van der Waals surface area contributed by atoms with Crippen molar-refractivity contribution in [2.75, 3.05) is 11.1 Å². The minimum Gasteiger partial charge on any atom is -0.388 e. The van der Waals surface area contributed by atoms with Crippen molar-refractivity contribution in [1.82, 2.24) is 4.98 Å². The van der Waals surface area contributed by atoms with Crippen LogP contribution in [0.1, 0.15) is 57.3 Å². The van der Waals surface area contributed by atoms with E-state index >= 15 is 0 Å². The molecule has 6 heteroatoms. The van der Waals surface area contributed by atoms with Gasteiger partial charge in [0.1, 0.15) is 0 Å². The van der Waals surface area contributed by atoms with Crippen molar-refractivity contribution in [3.63, 3.8) is 0 Å². The number of benzene rings is 2. The summed E-state index contributed by atoms with van der Waals surface area (Å²) in [4.78, 5) is 16.2. The van der Waals surface area contributed by atoms with Gasteiger partial charge in [-0.2, -0.15) is 0 Å². The molecule has 3 aromatic rings. The maximum absolute atomic E-state index is 12.2. The highest BCUT2D eigenvalue weighted by Gasteiger charge is 2.08. The van der Waals surface area contributed by atoms with Crippen molar-refractivity contribution in [1.29, 1.82) is 0 Å². The van der Waals surface area contributed by atoms with E-state index in [-0.39, 0.29) is 49.2 Å². The molecule has 152 valence electrons. The number of amides is 1. The van der Waals surface area contributed by atoms with E-state index in [0.29, 0.717) is 22.1 Å². The molecule has 1 amide bonds. The van der Waals surface area contributed by atoms with Crippen LogP contribution in [-0.4, -0.2) is 16.0 Å². The van der Waals surface area contributed by atoms with Gasteiger partial charge in [0.15, 0.2) is 5.13 Å². The van der Waals surface area contributed by atoms with Gasteiger partial charge in [-0.3, -0.25) is 4.79 Å². The first-order valence-electron chi connectivity index (χ1n) is 12.6. The Balaban J connectivity index is 1.62. The number of aliphatic hydroxyl groups is 1. The lowest BCUT2D eigenvalue weighted by Gasteiger charge is -2.11. The summed E-state index contributed by atoms with van der Waals surface area (Å²) in [6.07, 6.45) is -4.43. The molecule has 0 spiro atoms. The van der Waals surface area contributed by atoms with Crippen molar-refractivity contribution in [3.05, 3.63) is 76.2 Å². The van der Waals surface area contributed by atoms with Gasteiger partial charge >= 0.3 is 0 Å². The Morgan fingerprint density at radius 3 is 2.69 bits per heavy atom. The van der Waals surface area contributed by atoms with E-state index in [2.05, 4.69) is 10.3 Å². The van der Waals surface area contributed by atoms with Crippen LogP contribution in [0.2, 0.25) is 0 Å². The van der Waals surface area contributed by atoms with Crippen LogP contribution >= 0.6 is 11.3 Å². The highest BCUT2D eigenvalue weighted by Crippen LogP contribution is 2.21. The van der Waals surface area contributed by atoms with E-state index in [1.807, 2.05) is 0 Å². The number of carbonyl (C=O) groups excluding carboxylic acids is 1. The molecule has 4 N–H and O–H groups in total. The van der Waals surface area contributed by atoms with Crippen molar-refractivity contribution < 1.29 is 19.5 Å². The first-order chi connectivity index (χ1) is 16.7. The zero-order valence-corrected chi connectivity index (χ0v) is 16.8. The number of hydrogen-bond donors (Lipinski definition) is 3. The fraction of sp³-hybridized carbons (Fsp3) is 0.304. The molecule has 1 aromatic heterocycles. The van der Waals surface area contributed by atoms with Crippen LogP contribution in [-0.2, 0) is 17.6 Å². The molecule has 0 radical (unpaired) electrons. The summed E-state index contributed by atoms with van der Waals surface area (Å²) in [6.45, 7) is 1.44. The van der Waals surface area contributed by atoms with E-state index in [1.54, 1.807) is 29.6 Å². The summed E-state index contributed by atoms with van der Waals surface area (Å²) in [6, 6.07) is 4.70. The quantitative estimate of drug-likeness (QED) is 0.473. The molecule has 3 rings (SSSR count). The third-order valence-corrected chi connectivity index (χ3v) is 4.76. The predicted molar refractivity (Wildman–Crippen MR) is 119 cm³/mol. The summed E-state index contributed by atoms with van der Waals surface area (Å²) in [7, 11) is 0. The first kappa shape index (κ1) is 13.5. The largest absolute Gasteiger partial charge is 0.388 e. The highest BCUT2D eigenvalue weighted by molar-refractivity contribution is 7.13. The molecule has 0 unspecified atom stereocenters. The van der Waals surface area contributed by atoms with Crippen LogP contribution in [0, 0.1) is 6.92 Å². The molecular weight excluding hydrogens is 382 g/mol. The zero-order valence-electron chi connectivity index (χ0n) is 23.0. The van der Waals surface area contributed by atoms with Crippen LogP contribution in [0.5, 0.6) is 0 Å². The molecule has 0 saturated carbocycles. The lowest BCUT2D eigenvalue weighted by atomic mass is 10.0. The van der Waals surface area contributed by atoms with Crippen LogP contribution in [0.15, 0.2) is 53.8 Å². The van der Waals surface area contributed by atoms with Crippen molar-refractivity contribution >= 4 is 28.1 Å². The number of thiazole rings is 1. The van der Waals surface area contributed by atoms with Gasteiger partial charge in [0.25, 0.3) is 0 Å². The van der Waals surface area contributed by atoms with Gasteiger partial charge in [-0.25, -0.2) is 4.98 Å². The van der Waals surface area contributed by atoms with Crippen molar-refractivity contribution in [2.24, 2.45) is 0 Å². The minimum absolute atomic E-state index is 0.0513. The Morgan fingerprint density at radius 2 is 2.03 bits per heavy atom. The topological polar surface area (TPSA) is 88.2 Å². The number of aryl methyl sites for hydroxylation is 1. The molecule has 0 aliphatic carbocycles. The SMILES string of the molecule is [2H]c1c([2H])c([C@@]([2H])(O)CCCC([2H])([2H])c2ccc(NC(=O)Cc3csc(N)n3)cc2)c([2H])c([2H])c1C. The maximum Gasteiger partial charge on any atom is 0.230 e. The molecule has 0 aliphatic rings. The fourth-order valence-electron chi connectivity index (χ4n) is 2.58. The minimum atomic E-state index is -2.40. The summed E-state index contributed by atoms with van der Waals surface area (Å²) in [5.74, 6) is -0.281. The Morgan fingerprint density at radius 1 is 1.31 bits per heavy atom. The average Bonchev–Trinajstić information content (AvgIpc) is 3.20. The number of nitrogens with one attached hydrogen (secondary N) is 1. The van der Waals surface area contributed by atoms with Gasteiger partial charge in [0, 0.05) is 13.8 Å². The van der Waals surface area contributed by atoms with Crippen molar-refractivity contribution in [3.8, 4) is 0 Å². The second kappa shape index (κ2) is 10.2. The Bertz CT molecular complexity index is 1230. The van der Waals surface area contributed by atoms with E-state index < -0.39 is 30.1 Å². The summed E-state index contributed by atoms with van der Waals surface area (Å²) < 4.78 is 57.1. The van der Waals surface area contributed by atoms with Crippen LogP contribution < -0.4 is 11.1 Å². The van der Waals surface area contributed by atoms with E-state index in [1.165, 1.54) is 18.3 Å². The van der Waals surface area contributed by atoms with Crippen LogP contribution in [0.4, 0.5) is 10.8 Å². The van der Waals surface area contributed by atoms with E-state index in [4.69, 9.17) is 15.3 Å². The number of rotatable bonds is 9. The Labute approximate surface area is 185 Å². The maximum atomic E-state index is 12.2. The van der Waals surface area contributed by atoms with E-state index in [0.717, 1.165) is 0 Å². The number of aromatic nitrogens is 1. The molecule has 0 fully saturated rings. The van der Waals surface area contributed by atoms with Gasteiger partial charge in [-0.15, -0.1) is 11.3 Å². The zero-order chi connectivity index (χ0) is 26.8. The molecule has 1 atom stereocenters. The second-order valence-electron chi connectivity index (χ2n) is 6.46. The lowest BCUT2D eigenvalue weighted by molar-refractivity contribution is -0.115. The Hall–Kier alpha value is -2.70. The summed E-state index contributed by atoms with van der Waals surface area (Å²) >= 11 is 1.25. The molecular formula is C23H27N3O2S. The molecule has 1 heterocycles. The van der Waals surface area contributed by atoms with Gasteiger partial charge in [0.05, 0.1) is 25.0 Å². The fourth-order valence-corrected chi connectivity index (χ4v) is 3.14. The average molecular weight is 417 g/mol. The number of nitrogen functional groups attached to an aromatic ring is 1. The molecule has 0 aliphatic heterocycles. The number of nitrogens with zero attached hydrogens (tertiary/aromatic N) is 1. The summed E-state index contributed by atoms with van der Waals surface area (Å²) in [5, 5.41) is 15.5. The monoisotopic (exact) mass is 416 g/mol.